The van der Waals surface area contributed by atoms with Crippen molar-refractivity contribution in [3.05, 3.63) is 30.3 Å². The van der Waals surface area contributed by atoms with Gasteiger partial charge >= 0.3 is 0 Å². The molecule has 0 atom stereocenters. The van der Waals surface area contributed by atoms with Crippen molar-refractivity contribution in [2.75, 3.05) is 17.6 Å². The minimum absolute atomic E-state index is 0.0141. The van der Waals surface area contributed by atoms with Gasteiger partial charge in [-0.25, -0.2) is 0 Å². The Morgan fingerprint density at radius 3 is 2.84 bits per heavy atom. The average molecular weight is 294 g/mol. The van der Waals surface area contributed by atoms with Crippen LogP contribution in [0.1, 0.15) is 6.92 Å². The van der Waals surface area contributed by atoms with E-state index < -0.39 is 0 Å². The molecular weight excluding hydrogens is 280 g/mol. The van der Waals surface area contributed by atoms with Gasteiger partial charge in [0.05, 0.1) is 5.75 Å². The number of aromatic nitrogens is 2. The highest BCUT2D eigenvalue weighted by atomic mass is 32.2. The van der Waals surface area contributed by atoms with Crippen LogP contribution in [0.25, 0.3) is 0 Å². The molecule has 0 bridgehead atoms. The monoisotopic (exact) mass is 294 g/mol. The Bertz CT molecular complexity index is 530. The standard InChI is InChI=1S/C12H14N4OS2/c1-2-13-10(17)8-18-12-16-15-11(19-12)14-9-6-4-3-5-7-9/h3-7H,2,8H2,1H3,(H,13,17)(H,14,15). The van der Waals surface area contributed by atoms with Gasteiger partial charge in [0.1, 0.15) is 0 Å². The summed E-state index contributed by atoms with van der Waals surface area (Å²) in [6.07, 6.45) is 0. The maximum absolute atomic E-state index is 11.3. The minimum atomic E-state index is 0.0141. The maximum atomic E-state index is 11.3. The number of nitrogens with one attached hydrogen (secondary N) is 2. The van der Waals surface area contributed by atoms with E-state index in [4.69, 9.17) is 0 Å². The smallest absolute Gasteiger partial charge is 0.230 e. The van der Waals surface area contributed by atoms with E-state index in [1.807, 2.05) is 37.3 Å². The fourth-order valence-electron chi connectivity index (χ4n) is 1.34. The van der Waals surface area contributed by atoms with Crippen LogP contribution in [-0.2, 0) is 4.79 Å². The predicted octanol–water partition coefficient (Wildman–Crippen LogP) is 2.51. The highest BCUT2D eigenvalue weighted by Gasteiger charge is 2.07. The normalized spacial score (nSPS) is 10.2. The van der Waals surface area contributed by atoms with E-state index in [1.165, 1.54) is 23.1 Å². The number of anilines is 2. The molecule has 5 nitrogen and oxygen atoms in total. The second-order valence-corrected chi connectivity index (χ2v) is 5.81. The fourth-order valence-corrected chi connectivity index (χ4v) is 2.94. The molecule has 0 unspecified atom stereocenters. The molecule has 1 heterocycles. The van der Waals surface area contributed by atoms with E-state index >= 15 is 0 Å². The SMILES string of the molecule is CCNC(=O)CSc1nnc(Nc2ccccc2)s1. The van der Waals surface area contributed by atoms with Gasteiger partial charge in [-0.3, -0.25) is 4.79 Å². The number of para-hydroxylation sites is 1. The van der Waals surface area contributed by atoms with E-state index in [2.05, 4.69) is 20.8 Å². The molecule has 0 radical (unpaired) electrons. The molecule has 1 aromatic heterocycles. The number of benzene rings is 1. The van der Waals surface area contributed by atoms with Crippen molar-refractivity contribution in [1.29, 1.82) is 0 Å². The number of carbonyl (C=O) groups excluding carboxylic acids is 1. The average Bonchev–Trinajstić information content (AvgIpc) is 2.86. The topological polar surface area (TPSA) is 66.9 Å². The van der Waals surface area contributed by atoms with Gasteiger partial charge in [-0.05, 0) is 19.1 Å². The van der Waals surface area contributed by atoms with E-state index in [1.54, 1.807) is 0 Å². The number of carbonyl (C=O) groups is 1. The van der Waals surface area contributed by atoms with Crippen molar-refractivity contribution in [3.8, 4) is 0 Å². The Balaban J connectivity index is 1.87. The zero-order valence-corrected chi connectivity index (χ0v) is 12.1. The summed E-state index contributed by atoms with van der Waals surface area (Å²) in [5.41, 5.74) is 0.971. The number of thioether (sulfide) groups is 1. The molecule has 1 amide bonds. The number of rotatable bonds is 6. The van der Waals surface area contributed by atoms with Gasteiger partial charge in [0, 0.05) is 12.2 Å². The van der Waals surface area contributed by atoms with Crippen molar-refractivity contribution in [2.45, 2.75) is 11.3 Å². The Hall–Kier alpha value is -1.60. The molecule has 0 aliphatic rings. The fraction of sp³-hybridized carbons (Fsp3) is 0.250. The van der Waals surface area contributed by atoms with Gasteiger partial charge < -0.3 is 10.6 Å². The lowest BCUT2D eigenvalue weighted by atomic mass is 10.3. The summed E-state index contributed by atoms with van der Waals surface area (Å²) in [4.78, 5) is 11.3. The summed E-state index contributed by atoms with van der Waals surface area (Å²) < 4.78 is 0.782. The van der Waals surface area contributed by atoms with Crippen LogP contribution in [0.15, 0.2) is 34.7 Å². The van der Waals surface area contributed by atoms with Gasteiger partial charge in [0.25, 0.3) is 0 Å². The lowest BCUT2D eigenvalue weighted by Gasteiger charge is -1.99. The Morgan fingerprint density at radius 2 is 2.11 bits per heavy atom. The molecule has 0 aliphatic carbocycles. The maximum Gasteiger partial charge on any atom is 0.230 e. The summed E-state index contributed by atoms with van der Waals surface area (Å²) in [5, 5.41) is 14.7. The highest BCUT2D eigenvalue weighted by Crippen LogP contribution is 2.27. The molecule has 2 rings (SSSR count). The quantitative estimate of drug-likeness (QED) is 0.801. The predicted molar refractivity (Wildman–Crippen MR) is 79.0 cm³/mol. The molecule has 2 N–H and O–H groups in total. The molecule has 100 valence electrons. The van der Waals surface area contributed by atoms with E-state index in [-0.39, 0.29) is 5.91 Å². The summed E-state index contributed by atoms with van der Waals surface area (Å²) >= 11 is 2.83. The first-order chi connectivity index (χ1) is 9.28. The van der Waals surface area contributed by atoms with E-state index in [9.17, 15) is 4.79 Å². The van der Waals surface area contributed by atoms with E-state index in [0.717, 1.165) is 15.2 Å². The van der Waals surface area contributed by atoms with Crippen LogP contribution in [0.4, 0.5) is 10.8 Å². The third-order valence-corrected chi connectivity index (χ3v) is 4.10. The Kier molecular flexibility index (Phi) is 5.17. The van der Waals surface area contributed by atoms with Crippen LogP contribution in [0.3, 0.4) is 0 Å². The van der Waals surface area contributed by atoms with Crippen LogP contribution in [0, 0.1) is 0 Å². The molecule has 0 saturated heterocycles. The molecule has 1 aromatic carbocycles. The van der Waals surface area contributed by atoms with Crippen molar-refractivity contribution in [2.24, 2.45) is 0 Å². The summed E-state index contributed by atoms with van der Waals surface area (Å²) in [7, 11) is 0. The Labute approximate surface area is 119 Å². The number of hydrogen-bond acceptors (Lipinski definition) is 6. The van der Waals surface area contributed by atoms with Crippen molar-refractivity contribution in [3.63, 3.8) is 0 Å². The molecule has 0 fully saturated rings. The number of amides is 1. The third-order valence-electron chi connectivity index (χ3n) is 2.13. The highest BCUT2D eigenvalue weighted by molar-refractivity contribution is 8.01. The van der Waals surface area contributed by atoms with Crippen LogP contribution < -0.4 is 10.6 Å². The van der Waals surface area contributed by atoms with Crippen molar-refractivity contribution < 1.29 is 4.79 Å². The zero-order valence-electron chi connectivity index (χ0n) is 10.4. The zero-order chi connectivity index (χ0) is 13.5. The molecule has 0 aliphatic heterocycles. The molecule has 0 spiro atoms. The van der Waals surface area contributed by atoms with E-state index in [0.29, 0.717) is 12.3 Å². The van der Waals surface area contributed by atoms with Gasteiger partial charge in [0.2, 0.25) is 11.0 Å². The molecule has 7 heteroatoms. The molecule has 19 heavy (non-hydrogen) atoms. The Morgan fingerprint density at radius 1 is 1.32 bits per heavy atom. The minimum Gasteiger partial charge on any atom is -0.356 e. The molecule has 0 saturated carbocycles. The van der Waals surface area contributed by atoms with Crippen LogP contribution in [0.5, 0.6) is 0 Å². The first-order valence-corrected chi connectivity index (χ1v) is 7.63. The van der Waals surface area contributed by atoms with Crippen LogP contribution >= 0.6 is 23.1 Å². The number of hydrogen-bond donors (Lipinski definition) is 2. The number of nitrogens with zero attached hydrogens (tertiary/aromatic N) is 2. The second kappa shape index (κ2) is 7.10. The molecular formula is C12H14N4OS2. The largest absolute Gasteiger partial charge is 0.356 e. The third kappa shape index (κ3) is 4.53. The summed E-state index contributed by atoms with van der Waals surface area (Å²) in [6.45, 7) is 2.55. The summed E-state index contributed by atoms with van der Waals surface area (Å²) in [5.74, 6) is 0.383. The molecule has 2 aromatic rings. The lowest BCUT2D eigenvalue weighted by molar-refractivity contribution is -0.118. The van der Waals surface area contributed by atoms with Gasteiger partial charge in [-0.1, -0.05) is 41.3 Å². The van der Waals surface area contributed by atoms with Gasteiger partial charge in [0.15, 0.2) is 4.34 Å². The van der Waals surface area contributed by atoms with Crippen LogP contribution in [-0.4, -0.2) is 28.4 Å². The van der Waals surface area contributed by atoms with Crippen molar-refractivity contribution in [1.82, 2.24) is 15.5 Å². The first-order valence-electron chi connectivity index (χ1n) is 5.83. The first kappa shape index (κ1) is 13.8. The van der Waals surface area contributed by atoms with Crippen LogP contribution in [0.2, 0.25) is 0 Å². The van der Waals surface area contributed by atoms with Gasteiger partial charge in [-0.15, -0.1) is 10.2 Å². The summed E-state index contributed by atoms with van der Waals surface area (Å²) in [6, 6.07) is 9.78. The van der Waals surface area contributed by atoms with Gasteiger partial charge in [-0.2, -0.15) is 0 Å². The second-order valence-electron chi connectivity index (χ2n) is 3.61. The van der Waals surface area contributed by atoms with Crippen molar-refractivity contribution >= 4 is 39.8 Å². The lowest BCUT2D eigenvalue weighted by Crippen LogP contribution is -2.24.